The molecular weight excluding hydrogens is 374 g/mol. The first kappa shape index (κ1) is 19.6. The molecule has 0 unspecified atom stereocenters. The fourth-order valence-corrected chi connectivity index (χ4v) is 5.98. The van der Waals surface area contributed by atoms with E-state index in [-0.39, 0.29) is 18.1 Å². The molecule has 5 heteroatoms. The molecule has 0 aromatic heterocycles. The van der Waals surface area contributed by atoms with Gasteiger partial charge in [0.15, 0.2) is 0 Å². The molecule has 1 N–H and O–H groups in total. The Morgan fingerprint density at radius 1 is 0.900 bits per heavy atom. The van der Waals surface area contributed by atoms with Crippen LogP contribution in [0.15, 0.2) is 60.7 Å². The van der Waals surface area contributed by atoms with E-state index >= 15 is 0 Å². The zero-order chi connectivity index (χ0) is 20.7. The van der Waals surface area contributed by atoms with Crippen LogP contribution in [0.4, 0.5) is 4.79 Å². The number of carboxylic acid groups (broad SMARTS) is 1. The molecule has 0 saturated carbocycles. The molecule has 5 rings (SSSR count). The van der Waals surface area contributed by atoms with Crippen molar-refractivity contribution >= 4 is 6.09 Å². The Hall–Kier alpha value is -2.37. The zero-order valence-electron chi connectivity index (χ0n) is 17.6. The van der Waals surface area contributed by atoms with Crippen molar-refractivity contribution in [2.75, 3.05) is 20.1 Å². The van der Waals surface area contributed by atoms with Gasteiger partial charge < -0.3 is 10.0 Å². The summed E-state index contributed by atoms with van der Waals surface area (Å²) in [7, 11) is 2.21. The summed E-state index contributed by atoms with van der Waals surface area (Å²) in [5.74, 6) is 0. The van der Waals surface area contributed by atoms with E-state index < -0.39 is 6.09 Å². The Labute approximate surface area is 178 Å². The third-order valence-electron chi connectivity index (χ3n) is 7.57. The van der Waals surface area contributed by atoms with Crippen molar-refractivity contribution < 1.29 is 9.90 Å². The summed E-state index contributed by atoms with van der Waals surface area (Å²) >= 11 is 0. The standard InChI is InChI=1S/C25H31N3O2/c1-26-20-12-13-21(26)15-22(14-20)28(25(29)30)23-16-27(17-23)24(18-8-4-2-5-9-18)19-10-6-3-7-11-19/h2-11,20-24H,12-17H2,1H3,(H,29,30)/t20-,21+,22-. The quantitative estimate of drug-likeness (QED) is 0.815. The van der Waals surface area contributed by atoms with Crippen LogP contribution in [0, 0.1) is 0 Å². The van der Waals surface area contributed by atoms with Gasteiger partial charge in [-0.15, -0.1) is 0 Å². The third kappa shape index (κ3) is 3.50. The molecule has 3 aliphatic rings. The summed E-state index contributed by atoms with van der Waals surface area (Å²) in [5.41, 5.74) is 2.53. The number of carbonyl (C=O) groups is 1. The van der Waals surface area contributed by atoms with E-state index in [0.29, 0.717) is 12.1 Å². The van der Waals surface area contributed by atoms with Gasteiger partial charge in [0.25, 0.3) is 0 Å². The summed E-state index contributed by atoms with van der Waals surface area (Å²) in [6.45, 7) is 1.59. The first-order chi connectivity index (χ1) is 14.6. The average molecular weight is 406 g/mol. The van der Waals surface area contributed by atoms with Crippen molar-refractivity contribution in [3.8, 4) is 0 Å². The van der Waals surface area contributed by atoms with Crippen molar-refractivity contribution in [2.24, 2.45) is 0 Å². The SMILES string of the molecule is CN1[C@@H]2CC[C@H]1C[C@H](N(C(=O)O)C1CN(C(c3ccccc3)c3ccccc3)C1)C2. The van der Waals surface area contributed by atoms with Crippen molar-refractivity contribution in [1.82, 2.24) is 14.7 Å². The molecule has 5 nitrogen and oxygen atoms in total. The molecule has 1 amide bonds. The number of fused-ring (bicyclic) bond motifs is 2. The number of piperidine rings is 1. The van der Waals surface area contributed by atoms with Crippen LogP contribution in [-0.4, -0.2) is 70.2 Å². The topological polar surface area (TPSA) is 47.0 Å². The van der Waals surface area contributed by atoms with Crippen LogP contribution < -0.4 is 0 Å². The van der Waals surface area contributed by atoms with Crippen LogP contribution in [0.2, 0.25) is 0 Å². The maximum Gasteiger partial charge on any atom is 0.407 e. The van der Waals surface area contributed by atoms with Crippen molar-refractivity contribution in [1.29, 1.82) is 0 Å². The second-order valence-electron chi connectivity index (χ2n) is 9.20. The second kappa shape index (κ2) is 8.05. The number of benzene rings is 2. The number of hydrogen-bond donors (Lipinski definition) is 1. The lowest BCUT2D eigenvalue weighted by Gasteiger charge is -2.52. The summed E-state index contributed by atoms with van der Waals surface area (Å²) in [6, 6.07) is 22.7. The van der Waals surface area contributed by atoms with Gasteiger partial charge in [0.1, 0.15) is 0 Å². The first-order valence-corrected chi connectivity index (χ1v) is 11.2. The van der Waals surface area contributed by atoms with Gasteiger partial charge in [-0.25, -0.2) is 4.79 Å². The lowest BCUT2D eigenvalue weighted by atomic mass is 9.90. The minimum Gasteiger partial charge on any atom is -0.465 e. The van der Waals surface area contributed by atoms with Gasteiger partial charge in [-0.2, -0.15) is 0 Å². The molecule has 3 aliphatic heterocycles. The van der Waals surface area contributed by atoms with Gasteiger partial charge in [0.05, 0.1) is 12.1 Å². The largest absolute Gasteiger partial charge is 0.465 e. The van der Waals surface area contributed by atoms with Crippen LogP contribution in [0.1, 0.15) is 42.9 Å². The predicted molar refractivity (Wildman–Crippen MR) is 118 cm³/mol. The average Bonchev–Trinajstić information content (AvgIpc) is 2.94. The van der Waals surface area contributed by atoms with E-state index in [0.717, 1.165) is 25.9 Å². The molecule has 3 saturated heterocycles. The Kier molecular flexibility index (Phi) is 5.25. The smallest absolute Gasteiger partial charge is 0.407 e. The predicted octanol–water partition coefficient (Wildman–Crippen LogP) is 4.07. The number of rotatable bonds is 5. The normalized spacial score (nSPS) is 27.2. The fraction of sp³-hybridized carbons (Fsp3) is 0.480. The van der Waals surface area contributed by atoms with Crippen molar-refractivity contribution in [3.63, 3.8) is 0 Å². The molecule has 0 radical (unpaired) electrons. The molecule has 2 aromatic rings. The summed E-state index contributed by atoms with van der Waals surface area (Å²) in [4.78, 5) is 19.0. The van der Waals surface area contributed by atoms with Crippen LogP contribution in [0.25, 0.3) is 0 Å². The van der Waals surface area contributed by atoms with E-state index in [1.807, 2.05) is 17.0 Å². The second-order valence-corrected chi connectivity index (χ2v) is 9.20. The molecular formula is C25H31N3O2. The molecule has 158 valence electrons. The maximum absolute atomic E-state index is 12.3. The zero-order valence-corrected chi connectivity index (χ0v) is 17.6. The molecule has 30 heavy (non-hydrogen) atoms. The van der Waals surface area contributed by atoms with Crippen LogP contribution in [0.5, 0.6) is 0 Å². The number of hydrogen-bond acceptors (Lipinski definition) is 3. The van der Waals surface area contributed by atoms with Crippen molar-refractivity contribution in [3.05, 3.63) is 71.8 Å². The minimum atomic E-state index is -0.746. The molecule has 3 heterocycles. The lowest BCUT2D eigenvalue weighted by molar-refractivity contribution is -0.0199. The van der Waals surface area contributed by atoms with E-state index in [9.17, 15) is 9.90 Å². The molecule has 3 atom stereocenters. The number of amides is 1. The van der Waals surface area contributed by atoms with Crippen LogP contribution in [0.3, 0.4) is 0 Å². The van der Waals surface area contributed by atoms with E-state index in [4.69, 9.17) is 0 Å². The summed E-state index contributed by atoms with van der Waals surface area (Å²) in [6.07, 6.45) is 3.65. The monoisotopic (exact) mass is 405 g/mol. The number of nitrogens with zero attached hydrogens (tertiary/aromatic N) is 3. The highest BCUT2D eigenvalue weighted by Crippen LogP contribution is 2.39. The minimum absolute atomic E-state index is 0.0882. The van der Waals surface area contributed by atoms with Gasteiger partial charge in [-0.05, 0) is 43.9 Å². The molecule has 3 fully saturated rings. The highest BCUT2D eigenvalue weighted by Gasteiger charge is 2.46. The Bertz CT molecular complexity index is 815. The van der Waals surface area contributed by atoms with Crippen LogP contribution >= 0.6 is 0 Å². The van der Waals surface area contributed by atoms with Gasteiger partial charge in [0, 0.05) is 31.2 Å². The first-order valence-electron chi connectivity index (χ1n) is 11.2. The van der Waals surface area contributed by atoms with E-state index in [2.05, 4.69) is 65.4 Å². The highest BCUT2D eigenvalue weighted by atomic mass is 16.4. The molecule has 0 spiro atoms. The number of likely N-dealkylation sites (tertiary alicyclic amines) is 1. The Balaban J connectivity index is 1.33. The third-order valence-corrected chi connectivity index (χ3v) is 7.57. The lowest BCUT2D eigenvalue weighted by Crippen LogP contribution is -2.65. The molecule has 2 bridgehead atoms. The van der Waals surface area contributed by atoms with E-state index in [1.54, 1.807) is 0 Å². The fourth-order valence-electron chi connectivity index (χ4n) is 5.98. The molecule has 2 aromatic carbocycles. The van der Waals surface area contributed by atoms with Gasteiger partial charge in [-0.3, -0.25) is 9.80 Å². The summed E-state index contributed by atoms with van der Waals surface area (Å²) < 4.78 is 0. The van der Waals surface area contributed by atoms with E-state index in [1.165, 1.54) is 24.0 Å². The van der Waals surface area contributed by atoms with Crippen molar-refractivity contribution in [2.45, 2.75) is 55.9 Å². The van der Waals surface area contributed by atoms with Gasteiger partial charge in [-0.1, -0.05) is 60.7 Å². The van der Waals surface area contributed by atoms with Gasteiger partial charge in [0.2, 0.25) is 0 Å². The van der Waals surface area contributed by atoms with Crippen LogP contribution in [-0.2, 0) is 0 Å². The summed E-state index contributed by atoms with van der Waals surface area (Å²) in [5, 5.41) is 10.1. The Morgan fingerprint density at radius 2 is 1.40 bits per heavy atom. The maximum atomic E-state index is 12.3. The van der Waals surface area contributed by atoms with Gasteiger partial charge >= 0.3 is 6.09 Å². The Morgan fingerprint density at radius 3 is 1.87 bits per heavy atom. The molecule has 0 aliphatic carbocycles. The highest BCUT2D eigenvalue weighted by molar-refractivity contribution is 5.66.